The lowest BCUT2D eigenvalue weighted by Crippen LogP contribution is -2.24. The van der Waals surface area contributed by atoms with E-state index in [4.69, 9.17) is 22.1 Å². The Morgan fingerprint density at radius 3 is 2.54 bits per heavy atom. The summed E-state index contributed by atoms with van der Waals surface area (Å²) in [4.78, 5) is 14.0. The second-order valence-electron chi connectivity index (χ2n) is 4.41. The maximum absolute atomic E-state index is 12.5. The average Bonchev–Trinajstić information content (AvgIpc) is 2.49. The first kappa shape index (κ1) is 17.5. The van der Waals surface area contributed by atoms with E-state index in [1.807, 2.05) is 5.43 Å². The molecule has 3 N–H and O–H groups in total. The number of hydrogen-bond acceptors (Lipinski definition) is 4. The highest BCUT2D eigenvalue weighted by Crippen LogP contribution is 2.34. The van der Waals surface area contributed by atoms with Crippen molar-refractivity contribution in [2.45, 2.75) is 6.18 Å². The van der Waals surface area contributed by atoms with Crippen molar-refractivity contribution in [1.82, 2.24) is 10.4 Å². The van der Waals surface area contributed by atoms with Gasteiger partial charge in [0, 0.05) is 6.20 Å². The molecule has 0 aliphatic heterocycles. The maximum Gasteiger partial charge on any atom is 0.417 e. The van der Waals surface area contributed by atoms with Gasteiger partial charge in [-0.15, -0.1) is 0 Å². The Morgan fingerprint density at radius 2 is 2.00 bits per heavy atom. The lowest BCUT2D eigenvalue weighted by atomic mass is 10.2. The molecule has 1 aromatic heterocycles. The fraction of sp³-hybridized carbons (Fsp3) is 0.0714. The molecular formula is C14H10ClF3N4O2. The molecule has 0 spiro atoms. The Kier molecular flexibility index (Phi) is 5.24. The standard InChI is InChI=1S/C14H10ClF3N4O2/c15-11-5-9(14(16,17)18)7-20-12(11)24-10-3-1-8(2-4-10)6-21-22-13(19)23/h1-7H,(H3,19,22,23)/b21-6+. The molecule has 1 heterocycles. The minimum absolute atomic E-state index is 0.151. The van der Waals surface area contributed by atoms with Gasteiger partial charge in [-0.05, 0) is 35.9 Å². The molecule has 0 fully saturated rings. The molecule has 2 amide bonds. The lowest BCUT2D eigenvalue weighted by Gasteiger charge is -2.10. The minimum atomic E-state index is -4.53. The van der Waals surface area contributed by atoms with Crippen LogP contribution in [0.2, 0.25) is 5.02 Å². The topological polar surface area (TPSA) is 89.6 Å². The predicted octanol–water partition coefficient (Wildman–Crippen LogP) is 3.55. The van der Waals surface area contributed by atoms with Crippen LogP contribution in [0.25, 0.3) is 0 Å². The third-order valence-electron chi connectivity index (χ3n) is 2.62. The lowest BCUT2D eigenvalue weighted by molar-refractivity contribution is -0.137. The van der Waals surface area contributed by atoms with E-state index in [1.165, 1.54) is 18.3 Å². The van der Waals surface area contributed by atoms with Gasteiger partial charge >= 0.3 is 12.2 Å². The zero-order chi connectivity index (χ0) is 17.7. The van der Waals surface area contributed by atoms with E-state index >= 15 is 0 Å². The zero-order valence-electron chi connectivity index (χ0n) is 11.8. The number of halogens is 4. The van der Waals surface area contributed by atoms with E-state index < -0.39 is 17.8 Å². The number of primary amides is 1. The largest absolute Gasteiger partial charge is 0.438 e. The Morgan fingerprint density at radius 1 is 1.33 bits per heavy atom. The first-order chi connectivity index (χ1) is 11.3. The number of amides is 2. The number of hydrazone groups is 1. The Balaban J connectivity index is 2.09. The molecule has 0 radical (unpaired) electrons. The molecule has 1 aromatic carbocycles. The smallest absolute Gasteiger partial charge is 0.417 e. The molecule has 0 aliphatic rings. The van der Waals surface area contributed by atoms with Crippen LogP contribution in [-0.4, -0.2) is 17.2 Å². The molecule has 2 rings (SSSR count). The van der Waals surface area contributed by atoms with Gasteiger partial charge in [0.2, 0.25) is 5.88 Å². The van der Waals surface area contributed by atoms with Crippen LogP contribution in [0.15, 0.2) is 41.6 Å². The van der Waals surface area contributed by atoms with Crippen molar-refractivity contribution in [3.05, 3.63) is 52.7 Å². The van der Waals surface area contributed by atoms with Gasteiger partial charge in [-0.25, -0.2) is 15.2 Å². The SMILES string of the molecule is NC(=O)N/N=C/c1ccc(Oc2ncc(C(F)(F)F)cc2Cl)cc1. The van der Waals surface area contributed by atoms with Gasteiger partial charge in [0.25, 0.3) is 0 Å². The number of alkyl halides is 3. The summed E-state index contributed by atoms with van der Waals surface area (Å²) >= 11 is 5.75. The molecule has 0 bridgehead atoms. The molecule has 0 atom stereocenters. The average molecular weight is 359 g/mol. The summed E-state index contributed by atoms with van der Waals surface area (Å²) in [5.41, 5.74) is 6.54. The van der Waals surface area contributed by atoms with E-state index in [0.717, 1.165) is 6.07 Å². The molecule has 0 saturated heterocycles. The van der Waals surface area contributed by atoms with E-state index in [1.54, 1.807) is 12.1 Å². The zero-order valence-corrected chi connectivity index (χ0v) is 12.6. The number of aromatic nitrogens is 1. The predicted molar refractivity (Wildman–Crippen MR) is 81.1 cm³/mol. The summed E-state index contributed by atoms with van der Waals surface area (Å²) < 4.78 is 42.9. The number of nitrogens with one attached hydrogen (secondary N) is 1. The van der Waals surface area contributed by atoms with E-state index in [-0.39, 0.29) is 10.9 Å². The van der Waals surface area contributed by atoms with Crippen molar-refractivity contribution < 1.29 is 22.7 Å². The summed E-state index contributed by atoms with van der Waals surface area (Å²) in [6, 6.07) is 6.19. The number of ether oxygens (including phenoxy) is 1. The third kappa shape index (κ3) is 4.85. The Labute approximate surface area is 139 Å². The summed E-state index contributed by atoms with van der Waals surface area (Å²) in [5, 5.41) is 3.31. The molecule has 0 unspecified atom stereocenters. The van der Waals surface area contributed by atoms with Crippen LogP contribution in [-0.2, 0) is 6.18 Å². The van der Waals surface area contributed by atoms with Crippen LogP contribution in [0.3, 0.4) is 0 Å². The van der Waals surface area contributed by atoms with Crippen LogP contribution in [0.1, 0.15) is 11.1 Å². The molecule has 10 heteroatoms. The number of nitrogens with two attached hydrogens (primary N) is 1. The molecule has 2 aromatic rings. The fourth-order valence-electron chi connectivity index (χ4n) is 1.56. The number of urea groups is 1. The van der Waals surface area contributed by atoms with Gasteiger partial charge in [-0.3, -0.25) is 0 Å². The molecule has 126 valence electrons. The molecule has 0 aliphatic carbocycles. The normalized spacial score (nSPS) is 11.5. The van der Waals surface area contributed by atoms with Gasteiger partial charge in [-0.1, -0.05) is 11.6 Å². The van der Waals surface area contributed by atoms with E-state index in [2.05, 4.69) is 10.1 Å². The highest BCUT2D eigenvalue weighted by molar-refractivity contribution is 6.31. The molecule has 0 saturated carbocycles. The molecular weight excluding hydrogens is 349 g/mol. The van der Waals surface area contributed by atoms with Crippen molar-refractivity contribution in [3.63, 3.8) is 0 Å². The van der Waals surface area contributed by atoms with Gasteiger partial charge in [0.15, 0.2) is 0 Å². The number of benzene rings is 1. The number of pyridine rings is 1. The van der Waals surface area contributed by atoms with Crippen LogP contribution in [0.4, 0.5) is 18.0 Å². The van der Waals surface area contributed by atoms with Crippen LogP contribution >= 0.6 is 11.6 Å². The van der Waals surface area contributed by atoms with Crippen molar-refractivity contribution in [2.75, 3.05) is 0 Å². The summed E-state index contributed by atoms with van der Waals surface area (Å²) in [6.45, 7) is 0. The highest BCUT2D eigenvalue weighted by atomic mass is 35.5. The van der Waals surface area contributed by atoms with Gasteiger partial charge < -0.3 is 10.5 Å². The molecule has 24 heavy (non-hydrogen) atoms. The van der Waals surface area contributed by atoms with Gasteiger partial charge in [0.05, 0.1) is 11.8 Å². The first-order valence-electron chi connectivity index (χ1n) is 6.35. The fourth-order valence-corrected chi connectivity index (χ4v) is 1.76. The first-order valence-corrected chi connectivity index (χ1v) is 6.72. The summed E-state index contributed by atoms with van der Waals surface area (Å²) in [7, 11) is 0. The third-order valence-corrected chi connectivity index (χ3v) is 2.89. The highest BCUT2D eigenvalue weighted by Gasteiger charge is 2.31. The van der Waals surface area contributed by atoms with Gasteiger partial charge in [0.1, 0.15) is 10.8 Å². The molecule has 6 nitrogen and oxygen atoms in total. The second kappa shape index (κ2) is 7.18. The van der Waals surface area contributed by atoms with Crippen molar-refractivity contribution in [2.24, 2.45) is 10.8 Å². The van der Waals surface area contributed by atoms with E-state index in [0.29, 0.717) is 17.5 Å². The van der Waals surface area contributed by atoms with Crippen LogP contribution in [0, 0.1) is 0 Å². The Bertz CT molecular complexity index is 764. The quantitative estimate of drug-likeness (QED) is 0.647. The number of carbonyl (C=O) groups excluding carboxylic acids is 1. The second-order valence-corrected chi connectivity index (χ2v) is 4.82. The van der Waals surface area contributed by atoms with Gasteiger partial charge in [-0.2, -0.15) is 18.3 Å². The van der Waals surface area contributed by atoms with Crippen molar-refractivity contribution in [3.8, 4) is 11.6 Å². The Hall–Kier alpha value is -2.81. The summed E-state index contributed by atoms with van der Waals surface area (Å²) in [5.74, 6) is 0.158. The number of carbonyl (C=O) groups is 1. The monoisotopic (exact) mass is 358 g/mol. The van der Waals surface area contributed by atoms with Crippen molar-refractivity contribution in [1.29, 1.82) is 0 Å². The number of hydrogen-bond donors (Lipinski definition) is 2. The van der Waals surface area contributed by atoms with E-state index in [9.17, 15) is 18.0 Å². The summed E-state index contributed by atoms with van der Waals surface area (Å²) in [6.07, 6.45) is -2.55. The van der Waals surface area contributed by atoms with Crippen molar-refractivity contribution >= 4 is 23.8 Å². The number of nitrogens with zero attached hydrogens (tertiary/aromatic N) is 2. The maximum atomic E-state index is 12.5. The van der Waals surface area contributed by atoms with Crippen LogP contribution in [0.5, 0.6) is 11.6 Å². The number of rotatable bonds is 4. The minimum Gasteiger partial charge on any atom is -0.438 e. The van der Waals surface area contributed by atoms with Crippen LogP contribution < -0.4 is 15.9 Å².